The predicted molar refractivity (Wildman–Crippen MR) is 136 cm³/mol. The SMILES string of the molecule is O=C(O)c1ccc2c(c1)c([C@@H](C(=O)O)N1CCN(Cc3ccncc3)CC1)cn2Cc1ccccc1. The van der Waals surface area contributed by atoms with E-state index in [9.17, 15) is 19.8 Å². The number of aromatic carboxylic acids is 1. The first-order chi connectivity index (χ1) is 17.5. The first-order valence-electron chi connectivity index (χ1n) is 12.0. The van der Waals surface area contributed by atoms with Crippen LogP contribution in [-0.2, 0) is 17.9 Å². The van der Waals surface area contributed by atoms with Gasteiger partial charge >= 0.3 is 11.9 Å². The number of benzene rings is 2. The maximum absolute atomic E-state index is 12.6. The van der Waals surface area contributed by atoms with Crippen LogP contribution in [0.15, 0.2) is 79.3 Å². The Morgan fingerprint density at radius 3 is 2.22 bits per heavy atom. The number of piperazine rings is 1. The molecular formula is C28H28N4O4. The third-order valence-electron chi connectivity index (χ3n) is 6.81. The molecular weight excluding hydrogens is 456 g/mol. The number of aromatic nitrogens is 2. The summed E-state index contributed by atoms with van der Waals surface area (Å²) < 4.78 is 2.02. The summed E-state index contributed by atoms with van der Waals surface area (Å²) in [7, 11) is 0. The molecule has 2 N–H and O–H groups in total. The number of aliphatic carboxylic acids is 1. The monoisotopic (exact) mass is 484 g/mol. The zero-order valence-corrected chi connectivity index (χ0v) is 19.8. The van der Waals surface area contributed by atoms with E-state index in [1.54, 1.807) is 30.6 Å². The highest BCUT2D eigenvalue weighted by Crippen LogP contribution is 2.33. The number of hydrogen-bond acceptors (Lipinski definition) is 5. The molecule has 2 aromatic heterocycles. The zero-order chi connectivity index (χ0) is 25.1. The summed E-state index contributed by atoms with van der Waals surface area (Å²) >= 11 is 0. The Balaban J connectivity index is 1.45. The van der Waals surface area contributed by atoms with Crippen molar-refractivity contribution in [1.82, 2.24) is 19.4 Å². The lowest BCUT2D eigenvalue weighted by molar-refractivity contribution is -0.144. The fourth-order valence-corrected chi connectivity index (χ4v) is 5.00. The standard InChI is InChI=1S/C28H28N4O4/c33-27(34)22-6-7-25-23(16-22)24(19-32(25)18-20-4-2-1-3-5-20)26(28(35)36)31-14-12-30(13-15-31)17-21-8-10-29-11-9-21/h1-11,16,19,26H,12-15,17-18H2,(H,33,34)(H,35,36)/t26-/m0/s1. The molecule has 0 spiro atoms. The van der Waals surface area contributed by atoms with Gasteiger partial charge in [0.1, 0.15) is 6.04 Å². The number of nitrogens with zero attached hydrogens (tertiary/aromatic N) is 4. The van der Waals surface area contributed by atoms with Crippen molar-refractivity contribution >= 4 is 22.8 Å². The Bertz CT molecular complexity index is 1360. The lowest BCUT2D eigenvalue weighted by Crippen LogP contribution is -2.48. The van der Waals surface area contributed by atoms with E-state index in [0.717, 1.165) is 30.7 Å². The normalized spacial score (nSPS) is 15.7. The van der Waals surface area contributed by atoms with Gasteiger partial charge < -0.3 is 14.8 Å². The zero-order valence-electron chi connectivity index (χ0n) is 19.8. The fourth-order valence-electron chi connectivity index (χ4n) is 5.00. The molecule has 184 valence electrons. The van der Waals surface area contributed by atoms with Crippen LogP contribution < -0.4 is 0 Å². The summed E-state index contributed by atoms with van der Waals surface area (Å²) in [5.74, 6) is -1.97. The van der Waals surface area contributed by atoms with Crippen LogP contribution in [-0.4, -0.2) is 67.7 Å². The van der Waals surface area contributed by atoms with Crippen molar-refractivity contribution in [3.63, 3.8) is 0 Å². The van der Waals surface area contributed by atoms with E-state index >= 15 is 0 Å². The molecule has 1 aliphatic rings. The van der Waals surface area contributed by atoms with Crippen LogP contribution in [0.4, 0.5) is 0 Å². The minimum absolute atomic E-state index is 0.146. The molecule has 0 unspecified atom stereocenters. The minimum Gasteiger partial charge on any atom is -0.480 e. The van der Waals surface area contributed by atoms with Crippen molar-refractivity contribution in [3.05, 3.63) is 102 Å². The second-order valence-electron chi connectivity index (χ2n) is 9.14. The Morgan fingerprint density at radius 2 is 1.56 bits per heavy atom. The van der Waals surface area contributed by atoms with Crippen molar-refractivity contribution in [2.24, 2.45) is 0 Å². The molecule has 1 fully saturated rings. The molecule has 0 radical (unpaired) electrons. The van der Waals surface area contributed by atoms with E-state index in [-0.39, 0.29) is 5.56 Å². The summed E-state index contributed by atoms with van der Waals surface area (Å²) in [5, 5.41) is 20.6. The van der Waals surface area contributed by atoms with Crippen molar-refractivity contribution in [2.75, 3.05) is 26.2 Å². The van der Waals surface area contributed by atoms with Crippen molar-refractivity contribution in [2.45, 2.75) is 19.1 Å². The smallest absolute Gasteiger partial charge is 0.335 e. The number of carbonyl (C=O) groups is 2. The van der Waals surface area contributed by atoms with Crippen molar-refractivity contribution in [3.8, 4) is 0 Å². The largest absolute Gasteiger partial charge is 0.480 e. The molecule has 5 rings (SSSR count). The Hall–Kier alpha value is -4.01. The van der Waals surface area contributed by atoms with Gasteiger partial charge in [0.05, 0.1) is 5.56 Å². The van der Waals surface area contributed by atoms with Crippen LogP contribution in [0.25, 0.3) is 10.9 Å². The van der Waals surface area contributed by atoms with Crippen LogP contribution in [0.5, 0.6) is 0 Å². The van der Waals surface area contributed by atoms with Gasteiger partial charge in [-0.3, -0.25) is 19.6 Å². The molecule has 0 amide bonds. The lowest BCUT2D eigenvalue weighted by Gasteiger charge is -2.37. The third kappa shape index (κ3) is 5.00. The summed E-state index contributed by atoms with van der Waals surface area (Å²) in [5.41, 5.74) is 3.85. The minimum atomic E-state index is -1.03. The molecule has 8 nitrogen and oxygen atoms in total. The average molecular weight is 485 g/mol. The number of carboxylic acids is 2. The molecule has 3 heterocycles. The van der Waals surface area contributed by atoms with Crippen LogP contribution in [0, 0.1) is 0 Å². The molecule has 8 heteroatoms. The van der Waals surface area contributed by atoms with Crippen molar-refractivity contribution in [1.29, 1.82) is 0 Å². The highest BCUT2D eigenvalue weighted by Gasteiger charge is 2.33. The number of pyridine rings is 1. The van der Waals surface area contributed by atoms with Crippen LogP contribution >= 0.6 is 0 Å². The summed E-state index contributed by atoms with van der Waals surface area (Å²) in [6.45, 7) is 4.06. The van der Waals surface area contributed by atoms with Crippen LogP contribution in [0.1, 0.15) is 33.1 Å². The van der Waals surface area contributed by atoms with Gasteiger partial charge in [0.15, 0.2) is 0 Å². The molecule has 0 aliphatic carbocycles. The summed E-state index contributed by atoms with van der Waals surface area (Å²) in [6.07, 6.45) is 5.44. The van der Waals surface area contributed by atoms with Gasteiger partial charge in [-0.2, -0.15) is 0 Å². The third-order valence-corrected chi connectivity index (χ3v) is 6.81. The van der Waals surface area contributed by atoms with E-state index in [0.29, 0.717) is 30.6 Å². The number of rotatable bonds is 8. The van der Waals surface area contributed by atoms with E-state index in [1.165, 1.54) is 5.56 Å². The topological polar surface area (TPSA) is 98.9 Å². The Morgan fingerprint density at radius 1 is 0.861 bits per heavy atom. The van der Waals surface area contributed by atoms with E-state index in [1.807, 2.05) is 58.1 Å². The van der Waals surface area contributed by atoms with Gasteiger partial charge in [-0.15, -0.1) is 0 Å². The summed E-state index contributed by atoms with van der Waals surface area (Å²) in [6, 6.07) is 18.0. The Labute approximate surface area is 209 Å². The molecule has 2 aromatic carbocycles. The molecule has 1 atom stereocenters. The van der Waals surface area contributed by atoms with E-state index in [2.05, 4.69) is 9.88 Å². The van der Waals surface area contributed by atoms with Crippen molar-refractivity contribution < 1.29 is 19.8 Å². The van der Waals surface area contributed by atoms with Gasteiger partial charge in [-0.25, -0.2) is 4.79 Å². The maximum atomic E-state index is 12.6. The average Bonchev–Trinajstić information content (AvgIpc) is 3.23. The van der Waals surface area contributed by atoms with Gasteiger partial charge in [0, 0.05) is 74.3 Å². The van der Waals surface area contributed by atoms with E-state index < -0.39 is 18.0 Å². The predicted octanol–water partition coefficient (Wildman–Crippen LogP) is 3.73. The fraction of sp³-hybridized carbons (Fsp3) is 0.250. The molecule has 0 saturated carbocycles. The number of hydrogen-bond donors (Lipinski definition) is 2. The second-order valence-corrected chi connectivity index (χ2v) is 9.14. The lowest BCUT2D eigenvalue weighted by atomic mass is 10.0. The number of carboxylic acid groups (broad SMARTS) is 2. The molecule has 1 saturated heterocycles. The maximum Gasteiger partial charge on any atom is 0.335 e. The highest BCUT2D eigenvalue weighted by molar-refractivity contribution is 5.96. The highest BCUT2D eigenvalue weighted by atomic mass is 16.4. The van der Waals surface area contributed by atoms with Gasteiger partial charge in [0.2, 0.25) is 0 Å². The van der Waals surface area contributed by atoms with Gasteiger partial charge in [-0.1, -0.05) is 30.3 Å². The number of fused-ring (bicyclic) bond motifs is 1. The molecule has 0 bridgehead atoms. The van der Waals surface area contributed by atoms with Crippen LogP contribution in [0.3, 0.4) is 0 Å². The summed E-state index contributed by atoms with van der Waals surface area (Å²) in [4.78, 5) is 32.7. The quantitative estimate of drug-likeness (QED) is 0.393. The second kappa shape index (κ2) is 10.3. The van der Waals surface area contributed by atoms with Gasteiger partial charge in [0.25, 0.3) is 0 Å². The molecule has 36 heavy (non-hydrogen) atoms. The van der Waals surface area contributed by atoms with Crippen LogP contribution in [0.2, 0.25) is 0 Å². The molecule has 1 aliphatic heterocycles. The van der Waals surface area contributed by atoms with Gasteiger partial charge in [-0.05, 0) is 41.5 Å². The first-order valence-corrected chi connectivity index (χ1v) is 12.0. The van der Waals surface area contributed by atoms with E-state index in [4.69, 9.17) is 0 Å². The molecule has 4 aromatic rings. The first kappa shape index (κ1) is 23.7. The Kier molecular flexibility index (Phi) is 6.79.